The molecule has 4 heterocycles. The molecule has 2 aromatic heterocycles. The van der Waals surface area contributed by atoms with Crippen LogP contribution in [0.1, 0.15) is 70.2 Å². The van der Waals surface area contributed by atoms with Crippen molar-refractivity contribution < 1.29 is 9.53 Å². The molecule has 0 unspecified atom stereocenters. The molecule has 9 nitrogen and oxygen atoms in total. The fourth-order valence-corrected chi connectivity index (χ4v) is 5.87. The molecule has 2 aromatic rings. The van der Waals surface area contributed by atoms with Crippen LogP contribution in [0.3, 0.4) is 0 Å². The highest BCUT2D eigenvalue weighted by atomic mass is 16.6. The van der Waals surface area contributed by atoms with Gasteiger partial charge in [-0.05, 0) is 79.0 Å². The topological polar surface area (TPSA) is 90.5 Å². The second kappa shape index (κ2) is 9.55. The third-order valence-electron chi connectivity index (χ3n) is 7.90. The van der Waals surface area contributed by atoms with Crippen LogP contribution in [0.5, 0.6) is 0 Å². The smallest absolute Gasteiger partial charge is 0.410 e. The SMILES string of the molecule is CN(C)C1CN(c2nc3c(c4c2ncn4[C@H]2CCN(C(=O)OC(C)(C)C)[C@H](CC#N)C2)CCCC3)C1. The van der Waals surface area contributed by atoms with Crippen LogP contribution in [-0.2, 0) is 17.6 Å². The van der Waals surface area contributed by atoms with Crippen molar-refractivity contribution in [3.8, 4) is 6.07 Å². The second-order valence-corrected chi connectivity index (χ2v) is 11.8. The zero-order valence-electron chi connectivity index (χ0n) is 22.3. The van der Waals surface area contributed by atoms with Crippen LogP contribution >= 0.6 is 0 Å². The lowest BCUT2D eigenvalue weighted by molar-refractivity contribution is 0.00617. The molecule has 1 aliphatic carbocycles. The van der Waals surface area contributed by atoms with Crippen molar-refractivity contribution in [2.45, 2.75) is 89.4 Å². The van der Waals surface area contributed by atoms with E-state index >= 15 is 0 Å². The molecular weight excluding hydrogens is 454 g/mol. The minimum Gasteiger partial charge on any atom is -0.444 e. The monoisotopic (exact) mass is 493 g/mol. The number of nitrogens with zero attached hydrogens (tertiary/aromatic N) is 7. The van der Waals surface area contributed by atoms with Crippen molar-refractivity contribution in [1.82, 2.24) is 24.3 Å². The molecule has 9 heteroatoms. The predicted molar refractivity (Wildman–Crippen MR) is 139 cm³/mol. The lowest BCUT2D eigenvalue weighted by atomic mass is 9.92. The van der Waals surface area contributed by atoms with E-state index in [4.69, 9.17) is 14.7 Å². The fraction of sp³-hybridized carbons (Fsp3) is 0.704. The van der Waals surface area contributed by atoms with Gasteiger partial charge in [0.05, 0.1) is 24.3 Å². The summed E-state index contributed by atoms with van der Waals surface area (Å²) in [6.45, 7) is 8.15. The Labute approximate surface area is 214 Å². The van der Waals surface area contributed by atoms with E-state index < -0.39 is 5.60 Å². The number of hydrogen-bond acceptors (Lipinski definition) is 7. The van der Waals surface area contributed by atoms with Crippen molar-refractivity contribution in [3.63, 3.8) is 0 Å². The number of aromatic nitrogens is 3. The fourth-order valence-electron chi connectivity index (χ4n) is 5.87. The van der Waals surface area contributed by atoms with Crippen LogP contribution in [0, 0.1) is 11.3 Å². The Morgan fingerprint density at radius 3 is 2.69 bits per heavy atom. The molecule has 1 amide bonds. The van der Waals surface area contributed by atoms with E-state index in [-0.39, 0.29) is 18.2 Å². The number of carbonyl (C=O) groups excluding carboxylic acids is 1. The summed E-state index contributed by atoms with van der Waals surface area (Å²) in [5, 5.41) is 9.52. The highest BCUT2D eigenvalue weighted by molar-refractivity contribution is 5.90. The predicted octanol–water partition coefficient (Wildman–Crippen LogP) is 3.91. The zero-order valence-corrected chi connectivity index (χ0v) is 22.3. The van der Waals surface area contributed by atoms with E-state index in [0.717, 1.165) is 50.1 Å². The van der Waals surface area contributed by atoms with Gasteiger partial charge in [0.25, 0.3) is 0 Å². The van der Waals surface area contributed by atoms with Crippen LogP contribution in [0.4, 0.5) is 10.6 Å². The molecule has 0 spiro atoms. The number of hydrogen-bond donors (Lipinski definition) is 0. The first kappa shape index (κ1) is 24.8. The van der Waals surface area contributed by atoms with E-state index in [9.17, 15) is 10.1 Å². The molecule has 0 aromatic carbocycles. The van der Waals surface area contributed by atoms with E-state index in [0.29, 0.717) is 19.0 Å². The second-order valence-electron chi connectivity index (χ2n) is 11.8. The largest absolute Gasteiger partial charge is 0.444 e. The van der Waals surface area contributed by atoms with Crippen LogP contribution in [-0.4, -0.2) is 81.8 Å². The lowest BCUT2D eigenvalue weighted by Crippen LogP contribution is -2.57. The van der Waals surface area contributed by atoms with E-state index in [1.54, 1.807) is 4.90 Å². The molecule has 36 heavy (non-hydrogen) atoms. The zero-order chi connectivity index (χ0) is 25.6. The minimum absolute atomic E-state index is 0.172. The standard InChI is InChI=1S/C27H39N7O2/c1-27(2,3)36-26(35)33-13-11-19(14-18(33)10-12-28)34-17-29-23-24(34)21-8-6-7-9-22(21)30-25(23)32-15-20(16-32)31(4)5/h17-20H,6-11,13-16H2,1-5H3/t18-,19+/m1/s1. The summed E-state index contributed by atoms with van der Waals surface area (Å²) in [4.78, 5) is 29.4. The average Bonchev–Trinajstić information content (AvgIpc) is 3.22. The number of imidazole rings is 1. The van der Waals surface area contributed by atoms with Crippen molar-refractivity contribution in [1.29, 1.82) is 5.26 Å². The number of fused-ring (bicyclic) bond motifs is 3. The number of likely N-dealkylation sites (tertiary alicyclic amines) is 1. The summed E-state index contributed by atoms with van der Waals surface area (Å²) < 4.78 is 7.99. The maximum atomic E-state index is 12.9. The van der Waals surface area contributed by atoms with Gasteiger partial charge in [0, 0.05) is 43.5 Å². The van der Waals surface area contributed by atoms with Crippen LogP contribution in [0.15, 0.2) is 6.33 Å². The maximum Gasteiger partial charge on any atom is 0.410 e. The van der Waals surface area contributed by atoms with Crippen LogP contribution < -0.4 is 4.90 Å². The van der Waals surface area contributed by atoms with Gasteiger partial charge < -0.3 is 24.0 Å². The first-order valence-corrected chi connectivity index (χ1v) is 13.3. The van der Waals surface area contributed by atoms with Gasteiger partial charge in [0.15, 0.2) is 5.82 Å². The number of anilines is 1. The number of amides is 1. The molecule has 2 aliphatic heterocycles. The summed E-state index contributed by atoms with van der Waals surface area (Å²) >= 11 is 0. The summed E-state index contributed by atoms with van der Waals surface area (Å²) in [6.07, 6.45) is 7.88. The Kier molecular flexibility index (Phi) is 6.58. The Balaban J connectivity index is 1.47. The summed E-state index contributed by atoms with van der Waals surface area (Å²) in [5.41, 5.74) is 4.22. The molecule has 0 bridgehead atoms. The normalized spacial score (nSPS) is 22.9. The number of nitriles is 1. The molecular formula is C27H39N7O2. The molecule has 0 saturated carbocycles. The summed E-state index contributed by atoms with van der Waals surface area (Å²) in [5.74, 6) is 1.02. The Morgan fingerprint density at radius 1 is 1.25 bits per heavy atom. The molecule has 5 rings (SSSR count). The molecule has 2 fully saturated rings. The van der Waals surface area contributed by atoms with E-state index in [1.807, 2.05) is 27.1 Å². The first-order valence-electron chi connectivity index (χ1n) is 13.3. The number of likely N-dealkylation sites (N-methyl/N-ethyl adjacent to an activating group) is 1. The number of pyridine rings is 1. The molecule has 0 radical (unpaired) electrons. The Bertz CT molecular complexity index is 1170. The molecule has 3 aliphatic rings. The Morgan fingerprint density at radius 2 is 2.00 bits per heavy atom. The first-order chi connectivity index (χ1) is 17.2. The average molecular weight is 494 g/mol. The van der Waals surface area contributed by atoms with Crippen molar-refractivity contribution >= 4 is 22.9 Å². The minimum atomic E-state index is -0.559. The van der Waals surface area contributed by atoms with Crippen LogP contribution in [0.2, 0.25) is 0 Å². The third-order valence-corrected chi connectivity index (χ3v) is 7.90. The van der Waals surface area contributed by atoms with Gasteiger partial charge in [0.2, 0.25) is 0 Å². The number of rotatable bonds is 4. The van der Waals surface area contributed by atoms with Gasteiger partial charge in [-0.2, -0.15) is 5.26 Å². The van der Waals surface area contributed by atoms with Gasteiger partial charge in [0.1, 0.15) is 11.1 Å². The van der Waals surface area contributed by atoms with Crippen molar-refractivity contribution in [2.24, 2.45) is 0 Å². The number of piperidine rings is 1. The van der Waals surface area contributed by atoms with Gasteiger partial charge >= 0.3 is 6.09 Å². The summed E-state index contributed by atoms with van der Waals surface area (Å²) in [6, 6.07) is 2.85. The highest BCUT2D eigenvalue weighted by Crippen LogP contribution is 2.39. The number of carbonyl (C=O) groups is 1. The van der Waals surface area contributed by atoms with E-state index in [1.165, 1.54) is 29.6 Å². The highest BCUT2D eigenvalue weighted by Gasteiger charge is 2.37. The maximum absolute atomic E-state index is 12.9. The van der Waals surface area contributed by atoms with E-state index in [2.05, 4.69) is 34.5 Å². The molecule has 2 saturated heterocycles. The number of aryl methyl sites for hydroxylation is 2. The summed E-state index contributed by atoms with van der Waals surface area (Å²) in [7, 11) is 4.27. The molecule has 194 valence electrons. The molecule has 2 atom stereocenters. The van der Waals surface area contributed by atoms with Gasteiger partial charge in [-0.3, -0.25) is 0 Å². The molecule has 0 N–H and O–H groups in total. The van der Waals surface area contributed by atoms with Gasteiger partial charge in [-0.1, -0.05) is 0 Å². The van der Waals surface area contributed by atoms with Crippen molar-refractivity contribution in [3.05, 3.63) is 17.6 Å². The number of ether oxygens (including phenoxy) is 1. The quantitative estimate of drug-likeness (QED) is 0.638. The third kappa shape index (κ3) is 4.63. The van der Waals surface area contributed by atoms with Crippen molar-refractivity contribution in [2.75, 3.05) is 38.6 Å². The van der Waals surface area contributed by atoms with Crippen LogP contribution in [0.25, 0.3) is 11.0 Å². The lowest BCUT2D eigenvalue weighted by Gasteiger charge is -2.44. The van der Waals surface area contributed by atoms with Gasteiger partial charge in [-0.15, -0.1) is 0 Å². The Hall–Kier alpha value is -2.86. The van der Waals surface area contributed by atoms with Gasteiger partial charge in [-0.25, -0.2) is 14.8 Å².